The van der Waals surface area contributed by atoms with Crippen molar-refractivity contribution in [3.63, 3.8) is 0 Å². The number of aryl methyl sites for hydroxylation is 1. The van der Waals surface area contributed by atoms with E-state index in [2.05, 4.69) is 26.0 Å². The minimum atomic E-state index is -0.232. The summed E-state index contributed by atoms with van der Waals surface area (Å²) in [6, 6.07) is 4.25. The Balaban J connectivity index is 1.98. The van der Waals surface area contributed by atoms with Gasteiger partial charge in [-0.2, -0.15) is 0 Å². The lowest BCUT2D eigenvalue weighted by molar-refractivity contribution is 0.167. The third kappa shape index (κ3) is 7.44. The van der Waals surface area contributed by atoms with E-state index in [0.29, 0.717) is 0 Å². The summed E-state index contributed by atoms with van der Waals surface area (Å²) in [6.07, 6.45) is 13.9. The molecule has 0 spiro atoms. The van der Waals surface area contributed by atoms with Gasteiger partial charge in [-0.15, -0.1) is 11.3 Å². The van der Waals surface area contributed by atoms with Crippen LogP contribution in [0.2, 0.25) is 0 Å². The lowest BCUT2D eigenvalue weighted by Crippen LogP contribution is -1.94. The molecule has 0 aliphatic heterocycles. The summed E-state index contributed by atoms with van der Waals surface area (Å²) in [6.45, 7) is 4.44. The van der Waals surface area contributed by atoms with E-state index in [1.54, 1.807) is 11.3 Å². The van der Waals surface area contributed by atoms with Crippen molar-refractivity contribution in [2.24, 2.45) is 0 Å². The van der Waals surface area contributed by atoms with E-state index in [9.17, 15) is 5.11 Å². The molecule has 0 fully saturated rings. The van der Waals surface area contributed by atoms with Crippen LogP contribution in [0.4, 0.5) is 0 Å². The summed E-state index contributed by atoms with van der Waals surface area (Å²) in [5.41, 5.74) is 0. The number of hydrogen-bond donors (Lipinski definition) is 1. The van der Waals surface area contributed by atoms with Crippen molar-refractivity contribution in [1.82, 2.24) is 0 Å². The fourth-order valence-electron chi connectivity index (χ4n) is 2.55. The van der Waals surface area contributed by atoms with Gasteiger partial charge in [0, 0.05) is 9.75 Å². The van der Waals surface area contributed by atoms with Crippen molar-refractivity contribution < 1.29 is 5.11 Å². The Hall–Kier alpha value is -0.340. The predicted octanol–water partition coefficient (Wildman–Crippen LogP) is 6.26. The second kappa shape index (κ2) is 11.3. The van der Waals surface area contributed by atoms with Crippen molar-refractivity contribution in [3.8, 4) is 0 Å². The van der Waals surface area contributed by atoms with Crippen LogP contribution in [0.3, 0.4) is 0 Å². The van der Waals surface area contributed by atoms with Gasteiger partial charge in [0.15, 0.2) is 0 Å². The highest BCUT2D eigenvalue weighted by molar-refractivity contribution is 7.12. The molecule has 1 N–H and O–H groups in total. The summed E-state index contributed by atoms with van der Waals surface area (Å²) in [4.78, 5) is 2.53. The van der Waals surface area contributed by atoms with Crippen LogP contribution in [0.5, 0.6) is 0 Å². The van der Waals surface area contributed by atoms with Gasteiger partial charge in [-0.25, -0.2) is 0 Å². The van der Waals surface area contributed by atoms with Gasteiger partial charge in [0.05, 0.1) is 6.10 Å². The minimum Gasteiger partial charge on any atom is -0.388 e. The first-order chi connectivity index (χ1) is 9.77. The van der Waals surface area contributed by atoms with E-state index in [-0.39, 0.29) is 6.10 Å². The van der Waals surface area contributed by atoms with E-state index < -0.39 is 0 Å². The molecule has 1 heterocycles. The Kier molecular flexibility index (Phi) is 10.0. The van der Waals surface area contributed by atoms with Crippen LogP contribution in [0, 0.1) is 0 Å². The third-order valence-corrected chi connectivity index (χ3v) is 5.27. The Bertz CT molecular complexity index is 332. The lowest BCUT2D eigenvalue weighted by Gasteiger charge is -2.08. The van der Waals surface area contributed by atoms with Gasteiger partial charge in [-0.05, 0) is 25.0 Å². The summed E-state index contributed by atoms with van der Waals surface area (Å²) in [7, 11) is 0. The highest BCUT2D eigenvalue weighted by atomic mass is 32.1. The minimum absolute atomic E-state index is 0.232. The molecule has 1 rings (SSSR count). The zero-order valence-electron chi connectivity index (χ0n) is 13.4. The maximum Gasteiger partial charge on any atom is 0.0882 e. The fourth-order valence-corrected chi connectivity index (χ4v) is 3.53. The number of thiophene rings is 1. The largest absolute Gasteiger partial charge is 0.388 e. The number of aliphatic hydroxyl groups excluding tert-OH is 1. The van der Waals surface area contributed by atoms with Crippen molar-refractivity contribution in [1.29, 1.82) is 0 Å². The number of unbranched alkanes of at least 4 members (excludes halogenated alkanes) is 8. The molecule has 0 saturated carbocycles. The zero-order valence-corrected chi connectivity index (χ0v) is 14.2. The first-order valence-corrected chi connectivity index (χ1v) is 9.36. The van der Waals surface area contributed by atoms with Crippen molar-refractivity contribution >= 4 is 11.3 Å². The normalized spacial score (nSPS) is 12.8. The molecule has 116 valence electrons. The average molecular weight is 297 g/mol. The van der Waals surface area contributed by atoms with Crippen molar-refractivity contribution in [2.45, 2.75) is 90.6 Å². The van der Waals surface area contributed by atoms with Crippen molar-refractivity contribution in [3.05, 3.63) is 21.9 Å². The van der Waals surface area contributed by atoms with Crippen LogP contribution in [-0.4, -0.2) is 5.11 Å². The molecule has 0 aliphatic rings. The molecule has 1 aromatic heterocycles. The summed E-state index contributed by atoms with van der Waals surface area (Å²) < 4.78 is 0. The third-order valence-electron chi connectivity index (χ3n) is 3.94. The fraction of sp³-hybridized carbons (Fsp3) is 0.778. The van der Waals surface area contributed by atoms with Gasteiger partial charge in [-0.1, -0.05) is 71.6 Å². The number of aliphatic hydroxyl groups is 1. The van der Waals surface area contributed by atoms with E-state index in [1.165, 1.54) is 56.2 Å². The van der Waals surface area contributed by atoms with Crippen LogP contribution in [-0.2, 0) is 6.42 Å². The van der Waals surface area contributed by atoms with E-state index in [1.807, 2.05) is 0 Å². The molecular formula is C18H32OS. The molecule has 1 aromatic rings. The standard InChI is InChI=1S/C18H32OS/c1-3-5-6-7-8-9-10-11-12-13-17(19)18-15-14-16(4-2)20-18/h14-15,17,19H,3-13H2,1-2H3. The first kappa shape index (κ1) is 17.7. The Morgan fingerprint density at radius 3 is 2.05 bits per heavy atom. The molecule has 1 unspecified atom stereocenters. The van der Waals surface area contributed by atoms with Crippen LogP contribution in [0.1, 0.15) is 93.9 Å². The summed E-state index contributed by atoms with van der Waals surface area (Å²) in [5.74, 6) is 0. The van der Waals surface area contributed by atoms with E-state index in [4.69, 9.17) is 0 Å². The van der Waals surface area contributed by atoms with Gasteiger partial charge >= 0.3 is 0 Å². The van der Waals surface area contributed by atoms with Crippen LogP contribution >= 0.6 is 11.3 Å². The molecule has 1 atom stereocenters. The molecule has 1 nitrogen and oxygen atoms in total. The Morgan fingerprint density at radius 2 is 1.50 bits per heavy atom. The van der Waals surface area contributed by atoms with E-state index >= 15 is 0 Å². The molecule has 20 heavy (non-hydrogen) atoms. The predicted molar refractivity (Wildman–Crippen MR) is 90.5 cm³/mol. The SMILES string of the molecule is CCCCCCCCCCCC(O)c1ccc(CC)s1. The van der Waals surface area contributed by atoms with Gasteiger partial charge in [0.2, 0.25) is 0 Å². The van der Waals surface area contributed by atoms with E-state index in [0.717, 1.165) is 24.1 Å². The molecule has 0 aliphatic carbocycles. The van der Waals surface area contributed by atoms with Crippen molar-refractivity contribution in [2.75, 3.05) is 0 Å². The number of hydrogen-bond acceptors (Lipinski definition) is 2. The highest BCUT2D eigenvalue weighted by Crippen LogP contribution is 2.27. The maximum absolute atomic E-state index is 10.1. The monoisotopic (exact) mass is 296 g/mol. The molecule has 0 amide bonds. The Morgan fingerprint density at radius 1 is 0.900 bits per heavy atom. The van der Waals surface area contributed by atoms with Crippen LogP contribution < -0.4 is 0 Å². The molecule has 0 saturated heterocycles. The maximum atomic E-state index is 10.1. The topological polar surface area (TPSA) is 20.2 Å². The number of rotatable bonds is 12. The zero-order chi connectivity index (χ0) is 14.6. The van der Waals surface area contributed by atoms with Gasteiger partial charge in [0.1, 0.15) is 0 Å². The highest BCUT2D eigenvalue weighted by Gasteiger charge is 2.09. The van der Waals surface area contributed by atoms with Crippen LogP contribution in [0.25, 0.3) is 0 Å². The van der Waals surface area contributed by atoms with Gasteiger partial charge < -0.3 is 5.11 Å². The smallest absolute Gasteiger partial charge is 0.0882 e. The molecular weight excluding hydrogens is 264 g/mol. The molecule has 0 aromatic carbocycles. The molecule has 0 radical (unpaired) electrons. The second-order valence-corrected chi connectivity index (χ2v) is 6.99. The Labute approximate surface area is 129 Å². The second-order valence-electron chi connectivity index (χ2n) is 5.79. The quantitative estimate of drug-likeness (QED) is 0.451. The lowest BCUT2D eigenvalue weighted by atomic mass is 10.0. The molecule has 2 heteroatoms. The average Bonchev–Trinajstić information content (AvgIpc) is 2.94. The summed E-state index contributed by atoms with van der Waals surface area (Å²) in [5, 5.41) is 10.1. The molecule has 0 bridgehead atoms. The van der Waals surface area contributed by atoms with Gasteiger partial charge in [-0.3, -0.25) is 0 Å². The van der Waals surface area contributed by atoms with Gasteiger partial charge in [0.25, 0.3) is 0 Å². The summed E-state index contributed by atoms with van der Waals surface area (Å²) >= 11 is 1.77. The first-order valence-electron chi connectivity index (χ1n) is 8.54. The van der Waals surface area contributed by atoms with Crippen LogP contribution in [0.15, 0.2) is 12.1 Å².